The number of esters is 1. The lowest BCUT2D eigenvalue weighted by Gasteiger charge is -2.32. The van der Waals surface area contributed by atoms with Crippen LogP contribution in [0.5, 0.6) is 0 Å². The zero-order valence-electron chi connectivity index (χ0n) is 8.24. The van der Waals surface area contributed by atoms with Crippen LogP contribution in [0.15, 0.2) is 11.1 Å². The lowest BCUT2D eigenvalue weighted by atomic mass is 10.0. The number of nitrogens with zero attached hydrogens (tertiary/aromatic N) is 1. The molecule has 1 saturated heterocycles. The molecule has 1 N–H and O–H groups in total. The second-order valence-electron chi connectivity index (χ2n) is 3.09. The number of hydrogen-bond donors (Lipinski definition) is 1. The van der Waals surface area contributed by atoms with Gasteiger partial charge in [0.1, 0.15) is 0 Å². The summed E-state index contributed by atoms with van der Waals surface area (Å²) in [5.41, 5.74) is 1.37. The van der Waals surface area contributed by atoms with E-state index in [1.807, 2.05) is 0 Å². The van der Waals surface area contributed by atoms with Gasteiger partial charge in [-0.05, 0) is 19.4 Å². The summed E-state index contributed by atoms with van der Waals surface area (Å²) in [6.45, 7) is 4.37. The first-order valence-corrected chi connectivity index (χ1v) is 4.39. The van der Waals surface area contributed by atoms with Gasteiger partial charge in [-0.2, -0.15) is 0 Å². The highest BCUT2D eigenvalue weighted by Crippen LogP contribution is 2.19. The van der Waals surface area contributed by atoms with E-state index in [0.717, 1.165) is 5.57 Å². The molecule has 0 atom stereocenters. The van der Waals surface area contributed by atoms with Crippen LogP contribution in [0.25, 0.3) is 0 Å². The van der Waals surface area contributed by atoms with E-state index in [9.17, 15) is 9.59 Å². The maximum absolute atomic E-state index is 11.2. The molecule has 5 nitrogen and oxygen atoms in total. The molecule has 1 amide bonds. The molecule has 78 valence electrons. The first-order valence-electron chi connectivity index (χ1n) is 4.39. The highest BCUT2D eigenvalue weighted by molar-refractivity contribution is 5.89. The van der Waals surface area contributed by atoms with Crippen molar-refractivity contribution < 1.29 is 19.4 Å². The lowest BCUT2D eigenvalue weighted by Crippen LogP contribution is -2.44. The Labute approximate surface area is 82.0 Å². The van der Waals surface area contributed by atoms with Gasteiger partial charge in [0.25, 0.3) is 0 Å². The highest BCUT2D eigenvalue weighted by atomic mass is 16.5. The molecule has 0 spiro atoms. The second-order valence-corrected chi connectivity index (χ2v) is 3.09. The van der Waals surface area contributed by atoms with Gasteiger partial charge in [0.05, 0.1) is 6.61 Å². The van der Waals surface area contributed by atoms with E-state index in [-0.39, 0.29) is 5.97 Å². The Morgan fingerprint density at radius 3 is 2.50 bits per heavy atom. The van der Waals surface area contributed by atoms with Gasteiger partial charge >= 0.3 is 12.1 Å². The summed E-state index contributed by atoms with van der Waals surface area (Å²) in [5, 5.41) is 8.56. The third-order valence-electron chi connectivity index (χ3n) is 2.15. The van der Waals surface area contributed by atoms with E-state index in [2.05, 4.69) is 0 Å². The summed E-state index contributed by atoms with van der Waals surface area (Å²) in [4.78, 5) is 22.9. The number of carbonyl (C=O) groups is 2. The molecule has 1 aliphatic heterocycles. The van der Waals surface area contributed by atoms with Crippen molar-refractivity contribution in [2.24, 2.45) is 0 Å². The minimum Gasteiger partial charge on any atom is -0.465 e. The Kier molecular flexibility index (Phi) is 3.11. The van der Waals surface area contributed by atoms with Gasteiger partial charge < -0.3 is 14.7 Å². The normalized spacial score (nSPS) is 14.7. The van der Waals surface area contributed by atoms with Crippen molar-refractivity contribution in [3.05, 3.63) is 11.1 Å². The zero-order chi connectivity index (χ0) is 10.7. The summed E-state index contributed by atoms with van der Waals surface area (Å²) in [7, 11) is 0. The first kappa shape index (κ1) is 10.6. The van der Waals surface area contributed by atoms with Gasteiger partial charge in [0.2, 0.25) is 0 Å². The zero-order valence-corrected chi connectivity index (χ0v) is 8.24. The fourth-order valence-electron chi connectivity index (χ4n) is 1.17. The van der Waals surface area contributed by atoms with Crippen molar-refractivity contribution in [3.8, 4) is 0 Å². The summed E-state index contributed by atoms with van der Waals surface area (Å²) >= 11 is 0. The number of likely N-dealkylation sites (tertiary alicyclic amines) is 1. The number of carbonyl (C=O) groups excluding carboxylic acids is 1. The maximum Gasteiger partial charge on any atom is 0.407 e. The largest absolute Gasteiger partial charge is 0.465 e. The fourth-order valence-corrected chi connectivity index (χ4v) is 1.17. The van der Waals surface area contributed by atoms with Gasteiger partial charge in [0.15, 0.2) is 0 Å². The molecule has 0 unspecified atom stereocenters. The predicted molar refractivity (Wildman–Crippen MR) is 48.9 cm³/mol. The molecule has 0 radical (unpaired) electrons. The highest BCUT2D eigenvalue weighted by Gasteiger charge is 2.28. The van der Waals surface area contributed by atoms with E-state index in [4.69, 9.17) is 9.84 Å². The molecule has 0 aromatic heterocycles. The molecular weight excluding hydrogens is 186 g/mol. The van der Waals surface area contributed by atoms with Crippen LogP contribution in [0.2, 0.25) is 0 Å². The number of carboxylic acid groups (broad SMARTS) is 1. The van der Waals surface area contributed by atoms with Crippen molar-refractivity contribution >= 4 is 12.1 Å². The van der Waals surface area contributed by atoms with Crippen LogP contribution in [0.3, 0.4) is 0 Å². The average Bonchev–Trinajstić information content (AvgIpc) is 2.00. The molecule has 1 heterocycles. The standard InChI is InChI=1S/C9H13NO4/c1-3-14-8(11)6(2)7-4-10(5-7)9(12)13/h3-5H2,1-2H3,(H,12,13). The van der Waals surface area contributed by atoms with Crippen molar-refractivity contribution in [1.82, 2.24) is 4.90 Å². The Balaban J connectivity index is 2.54. The molecular formula is C9H13NO4. The predicted octanol–water partition coefficient (Wildman–Crippen LogP) is 0.860. The van der Waals surface area contributed by atoms with Crippen LogP contribution in [-0.2, 0) is 9.53 Å². The second kappa shape index (κ2) is 4.13. The Hall–Kier alpha value is -1.52. The fraction of sp³-hybridized carbons (Fsp3) is 0.556. The lowest BCUT2D eigenvalue weighted by molar-refractivity contribution is -0.138. The number of rotatable bonds is 2. The van der Waals surface area contributed by atoms with Crippen LogP contribution < -0.4 is 0 Å². The molecule has 5 heteroatoms. The van der Waals surface area contributed by atoms with Gasteiger partial charge in [-0.15, -0.1) is 0 Å². The van der Waals surface area contributed by atoms with Crippen molar-refractivity contribution in [2.75, 3.05) is 19.7 Å². The van der Waals surface area contributed by atoms with Crippen LogP contribution >= 0.6 is 0 Å². The monoisotopic (exact) mass is 199 g/mol. The van der Waals surface area contributed by atoms with Crippen LogP contribution in [0.1, 0.15) is 13.8 Å². The van der Waals surface area contributed by atoms with Gasteiger partial charge in [0, 0.05) is 18.7 Å². The minimum atomic E-state index is -0.953. The molecule has 0 aromatic rings. The van der Waals surface area contributed by atoms with E-state index in [1.54, 1.807) is 13.8 Å². The quantitative estimate of drug-likeness (QED) is 0.529. The van der Waals surface area contributed by atoms with Crippen LogP contribution in [0.4, 0.5) is 4.79 Å². The minimum absolute atomic E-state index is 0.319. The Morgan fingerprint density at radius 2 is 2.07 bits per heavy atom. The van der Waals surface area contributed by atoms with Gasteiger partial charge in [-0.3, -0.25) is 0 Å². The van der Waals surface area contributed by atoms with Gasteiger partial charge in [-0.1, -0.05) is 0 Å². The average molecular weight is 199 g/mol. The molecule has 1 rings (SSSR count). The Bertz CT molecular complexity index is 287. The summed E-state index contributed by atoms with van der Waals surface area (Å²) in [6, 6.07) is 0. The maximum atomic E-state index is 11.2. The van der Waals surface area contributed by atoms with Crippen LogP contribution in [0, 0.1) is 0 Å². The third kappa shape index (κ3) is 2.04. The van der Waals surface area contributed by atoms with Crippen molar-refractivity contribution in [1.29, 1.82) is 0 Å². The van der Waals surface area contributed by atoms with E-state index < -0.39 is 6.09 Å². The molecule has 1 fully saturated rings. The van der Waals surface area contributed by atoms with Crippen LogP contribution in [-0.4, -0.2) is 41.8 Å². The van der Waals surface area contributed by atoms with Crippen molar-refractivity contribution in [3.63, 3.8) is 0 Å². The molecule has 1 aliphatic rings. The SMILES string of the molecule is CCOC(=O)C(C)=C1CN(C(=O)O)C1. The number of amides is 1. The smallest absolute Gasteiger partial charge is 0.407 e. The first-order chi connectivity index (χ1) is 6.56. The summed E-state index contributed by atoms with van der Waals surface area (Å²) in [6.07, 6.45) is -0.953. The summed E-state index contributed by atoms with van der Waals surface area (Å²) in [5.74, 6) is -0.354. The molecule has 0 aliphatic carbocycles. The van der Waals surface area contributed by atoms with Gasteiger partial charge in [-0.25, -0.2) is 9.59 Å². The topological polar surface area (TPSA) is 66.8 Å². The number of hydrogen-bond acceptors (Lipinski definition) is 3. The Morgan fingerprint density at radius 1 is 1.50 bits per heavy atom. The molecule has 0 bridgehead atoms. The molecule has 14 heavy (non-hydrogen) atoms. The molecule has 0 aromatic carbocycles. The van der Waals surface area contributed by atoms with E-state index >= 15 is 0 Å². The van der Waals surface area contributed by atoms with E-state index in [0.29, 0.717) is 25.3 Å². The molecule has 0 saturated carbocycles. The van der Waals surface area contributed by atoms with E-state index in [1.165, 1.54) is 4.90 Å². The van der Waals surface area contributed by atoms with Crippen molar-refractivity contribution in [2.45, 2.75) is 13.8 Å². The number of ether oxygens (including phenoxy) is 1. The third-order valence-corrected chi connectivity index (χ3v) is 2.15. The summed E-state index contributed by atoms with van der Waals surface area (Å²) < 4.78 is 4.79.